The number of aromatic nitrogens is 2. The molecule has 2 N–H and O–H groups in total. The van der Waals surface area contributed by atoms with Crippen LogP contribution in [0.5, 0.6) is 0 Å². The molecule has 0 saturated heterocycles. The number of carbonyl (C=O) groups excluding carboxylic acids is 2. The third-order valence-electron chi connectivity index (χ3n) is 2.40. The monoisotopic (exact) mass is 265 g/mol. The first kappa shape index (κ1) is 14.6. The van der Waals surface area contributed by atoms with E-state index in [1.807, 2.05) is 0 Å². The van der Waals surface area contributed by atoms with Crippen LogP contribution in [0.2, 0.25) is 0 Å². The van der Waals surface area contributed by atoms with Crippen molar-refractivity contribution in [2.24, 2.45) is 7.05 Å². The number of aldehydes is 1. The molecule has 1 aromatic rings. The van der Waals surface area contributed by atoms with E-state index in [4.69, 9.17) is 5.11 Å². The molecular formula is C12H15N3O4. The van der Waals surface area contributed by atoms with Gasteiger partial charge in [0.25, 0.3) is 5.91 Å². The Hall–Kier alpha value is -2.44. The number of hydrogen-bond donors (Lipinski definition) is 2. The summed E-state index contributed by atoms with van der Waals surface area (Å²) in [6, 6.07) is 0. The Morgan fingerprint density at radius 3 is 2.74 bits per heavy atom. The van der Waals surface area contributed by atoms with Gasteiger partial charge in [0.15, 0.2) is 0 Å². The minimum atomic E-state index is -1.22. The van der Waals surface area contributed by atoms with Crippen LogP contribution in [0.3, 0.4) is 0 Å². The zero-order chi connectivity index (χ0) is 14.3. The lowest BCUT2D eigenvalue weighted by Gasteiger charge is -2.06. The van der Waals surface area contributed by atoms with E-state index in [0.717, 1.165) is 6.29 Å². The van der Waals surface area contributed by atoms with Crippen LogP contribution in [0.1, 0.15) is 29.8 Å². The zero-order valence-electron chi connectivity index (χ0n) is 10.5. The molecule has 0 aliphatic rings. The van der Waals surface area contributed by atoms with E-state index in [9.17, 15) is 14.4 Å². The summed E-state index contributed by atoms with van der Waals surface area (Å²) >= 11 is 0. The van der Waals surface area contributed by atoms with Gasteiger partial charge >= 0.3 is 5.97 Å². The van der Waals surface area contributed by atoms with Gasteiger partial charge in [-0.1, -0.05) is 6.08 Å². The number of imidazole rings is 1. The number of carbonyl (C=O) groups is 3. The van der Waals surface area contributed by atoms with Crippen LogP contribution in [0.25, 0.3) is 0 Å². The number of allylic oxidation sites excluding steroid dienone is 1. The van der Waals surface area contributed by atoms with Gasteiger partial charge in [0.05, 0.1) is 12.5 Å². The molecule has 0 spiro atoms. The van der Waals surface area contributed by atoms with E-state index >= 15 is 0 Å². The normalized spacial score (nSPS) is 11.1. The van der Waals surface area contributed by atoms with E-state index < -0.39 is 11.9 Å². The fourth-order valence-corrected chi connectivity index (χ4v) is 1.40. The van der Waals surface area contributed by atoms with Gasteiger partial charge < -0.3 is 19.8 Å². The van der Waals surface area contributed by atoms with Gasteiger partial charge in [-0.25, -0.2) is 9.78 Å². The predicted molar refractivity (Wildman–Crippen MR) is 66.3 cm³/mol. The van der Waals surface area contributed by atoms with Gasteiger partial charge in [-0.15, -0.1) is 0 Å². The summed E-state index contributed by atoms with van der Waals surface area (Å²) in [6.45, 7) is 0. The van der Waals surface area contributed by atoms with Crippen molar-refractivity contribution in [2.75, 3.05) is 0 Å². The third kappa shape index (κ3) is 4.38. The van der Waals surface area contributed by atoms with E-state index in [0.29, 0.717) is 19.3 Å². The molecule has 7 nitrogen and oxygen atoms in total. The van der Waals surface area contributed by atoms with Gasteiger partial charge in [-0.05, 0) is 12.8 Å². The predicted octanol–water partition coefficient (Wildman–Crippen LogP) is 0.488. The largest absolute Gasteiger partial charge is 0.477 e. The van der Waals surface area contributed by atoms with E-state index in [-0.39, 0.29) is 11.4 Å². The van der Waals surface area contributed by atoms with Crippen LogP contribution < -0.4 is 5.32 Å². The summed E-state index contributed by atoms with van der Waals surface area (Å²) in [5, 5.41) is 11.3. The molecule has 0 fully saturated rings. The standard InChI is InChI=1S/C12H15N3O4/c1-15-8-13-7-10(15)11(17)14-9(12(18)19)5-3-2-4-6-16/h5-8H,2-4H2,1H3,(H,14,17)(H,18,19). The van der Waals surface area contributed by atoms with Crippen molar-refractivity contribution in [3.05, 3.63) is 30.0 Å². The molecule has 1 heterocycles. The second-order valence-corrected chi connectivity index (χ2v) is 3.86. The maximum atomic E-state index is 11.8. The summed E-state index contributed by atoms with van der Waals surface area (Å²) < 4.78 is 1.49. The second kappa shape index (κ2) is 7.10. The maximum absolute atomic E-state index is 11.8. The number of nitrogens with one attached hydrogen (secondary N) is 1. The van der Waals surface area contributed by atoms with E-state index in [1.54, 1.807) is 7.05 Å². The first-order valence-electron chi connectivity index (χ1n) is 5.71. The molecule has 1 amide bonds. The van der Waals surface area contributed by atoms with Gasteiger partial charge in [0.1, 0.15) is 17.7 Å². The maximum Gasteiger partial charge on any atom is 0.352 e. The van der Waals surface area contributed by atoms with E-state index in [1.165, 1.54) is 23.2 Å². The molecule has 0 aliphatic carbocycles. The lowest BCUT2D eigenvalue weighted by molar-refractivity contribution is -0.133. The summed E-state index contributed by atoms with van der Waals surface area (Å²) in [5.41, 5.74) is 0.0668. The number of carboxylic acid groups (broad SMARTS) is 1. The highest BCUT2D eigenvalue weighted by molar-refractivity contribution is 5.99. The van der Waals surface area contributed by atoms with Crippen molar-refractivity contribution < 1.29 is 19.5 Å². The highest BCUT2D eigenvalue weighted by Crippen LogP contribution is 2.02. The van der Waals surface area contributed by atoms with Crippen molar-refractivity contribution in [1.82, 2.24) is 14.9 Å². The lowest BCUT2D eigenvalue weighted by Crippen LogP contribution is -2.28. The molecule has 0 bridgehead atoms. The number of rotatable bonds is 7. The molecule has 0 atom stereocenters. The third-order valence-corrected chi connectivity index (χ3v) is 2.40. The zero-order valence-corrected chi connectivity index (χ0v) is 10.5. The molecule has 0 radical (unpaired) electrons. The Balaban J connectivity index is 2.68. The van der Waals surface area contributed by atoms with Crippen molar-refractivity contribution in [3.63, 3.8) is 0 Å². The fraction of sp³-hybridized carbons (Fsp3) is 0.333. The van der Waals surface area contributed by atoms with Crippen molar-refractivity contribution >= 4 is 18.2 Å². The van der Waals surface area contributed by atoms with Crippen molar-refractivity contribution in [3.8, 4) is 0 Å². The summed E-state index contributed by atoms with van der Waals surface area (Å²) in [5.74, 6) is -1.76. The number of nitrogens with zero attached hydrogens (tertiary/aromatic N) is 2. The quantitative estimate of drug-likeness (QED) is 0.424. The molecule has 0 saturated carbocycles. The van der Waals surface area contributed by atoms with Crippen LogP contribution in [0, 0.1) is 0 Å². The highest BCUT2D eigenvalue weighted by Gasteiger charge is 2.15. The number of amides is 1. The summed E-state index contributed by atoms with van der Waals surface area (Å²) in [6.07, 6.45) is 6.26. The minimum absolute atomic E-state index is 0.197. The number of unbranched alkanes of at least 4 members (excludes halogenated alkanes) is 2. The topological polar surface area (TPSA) is 101 Å². The molecule has 0 unspecified atom stereocenters. The van der Waals surface area contributed by atoms with Crippen LogP contribution in [-0.2, 0) is 16.6 Å². The molecule has 0 aliphatic heterocycles. The SMILES string of the molecule is Cn1cncc1C(=O)NC(=CCCCC=O)C(=O)O. The Kier molecular flexibility index (Phi) is 5.46. The van der Waals surface area contributed by atoms with Gasteiger partial charge in [-0.3, -0.25) is 4.79 Å². The van der Waals surface area contributed by atoms with Crippen molar-refractivity contribution in [2.45, 2.75) is 19.3 Å². The Bertz CT molecular complexity index is 505. The second-order valence-electron chi connectivity index (χ2n) is 3.86. The molecule has 102 valence electrons. The average Bonchev–Trinajstić information content (AvgIpc) is 2.79. The van der Waals surface area contributed by atoms with Gasteiger partial charge in [-0.2, -0.15) is 0 Å². The fourth-order valence-electron chi connectivity index (χ4n) is 1.40. The van der Waals surface area contributed by atoms with Crippen LogP contribution in [-0.4, -0.2) is 32.8 Å². The Morgan fingerprint density at radius 2 is 2.21 bits per heavy atom. The Morgan fingerprint density at radius 1 is 1.47 bits per heavy atom. The summed E-state index contributed by atoms with van der Waals surface area (Å²) in [7, 11) is 1.64. The van der Waals surface area contributed by atoms with E-state index in [2.05, 4.69) is 10.3 Å². The van der Waals surface area contributed by atoms with Crippen LogP contribution in [0.4, 0.5) is 0 Å². The first-order chi connectivity index (χ1) is 9.06. The molecule has 1 rings (SSSR count). The number of carboxylic acids is 1. The van der Waals surface area contributed by atoms with Crippen molar-refractivity contribution in [1.29, 1.82) is 0 Å². The smallest absolute Gasteiger partial charge is 0.352 e. The number of hydrogen-bond acceptors (Lipinski definition) is 4. The van der Waals surface area contributed by atoms with Crippen LogP contribution in [0.15, 0.2) is 24.3 Å². The minimum Gasteiger partial charge on any atom is -0.477 e. The molecule has 0 aromatic carbocycles. The average molecular weight is 265 g/mol. The number of aliphatic carboxylic acids is 1. The molecular weight excluding hydrogens is 250 g/mol. The van der Waals surface area contributed by atoms with Gasteiger partial charge in [0, 0.05) is 13.5 Å². The molecule has 7 heteroatoms. The summed E-state index contributed by atoms with van der Waals surface area (Å²) in [4.78, 5) is 36.7. The lowest BCUT2D eigenvalue weighted by atomic mass is 10.2. The molecule has 19 heavy (non-hydrogen) atoms. The Labute approximate surface area is 109 Å². The highest BCUT2D eigenvalue weighted by atomic mass is 16.4. The first-order valence-corrected chi connectivity index (χ1v) is 5.71. The van der Waals surface area contributed by atoms with Crippen LogP contribution >= 0.6 is 0 Å². The van der Waals surface area contributed by atoms with Gasteiger partial charge in [0.2, 0.25) is 0 Å². The number of aryl methyl sites for hydroxylation is 1. The molecule has 1 aromatic heterocycles.